The summed E-state index contributed by atoms with van der Waals surface area (Å²) in [5, 5.41) is 3.52. The smallest absolute Gasteiger partial charge is 0.226 e. The van der Waals surface area contributed by atoms with Gasteiger partial charge in [-0.05, 0) is 54.9 Å². The summed E-state index contributed by atoms with van der Waals surface area (Å²) in [5.41, 5.74) is 14.9. The van der Waals surface area contributed by atoms with Crippen LogP contribution in [0.5, 0.6) is 0 Å². The van der Waals surface area contributed by atoms with Gasteiger partial charge in [-0.3, -0.25) is 4.79 Å². The van der Waals surface area contributed by atoms with E-state index in [0.29, 0.717) is 0 Å². The van der Waals surface area contributed by atoms with Crippen molar-refractivity contribution in [2.75, 3.05) is 5.32 Å². The van der Waals surface area contributed by atoms with Crippen molar-refractivity contribution in [3.63, 3.8) is 0 Å². The van der Waals surface area contributed by atoms with E-state index in [2.05, 4.69) is 30.4 Å². The fourth-order valence-electron chi connectivity index (χ4n) is 3.78. The first-order chi connectivity index (χ1) is 10.2. The Kier molecular flexibility index (Phi) is 2.71. The maximum Gasteiger partial charge on any atom is 0.226 e. The van der Waals surface area contributed by atoms with Gasteiger partial charge in [0.05, 0.1) is 5.92 Å². The van der Waals surface area contributed by atoms with Gasteiger partial charge in [0.2, 0.25) is 5.91 Å². The third-order valence-electron chi connectivity index (χ3n) is 4.91. The summed E-state index contributed by atoms with van der Waals surface area (Å²) in [4.78, 5) is 11.7. The maximum atomic E-state index is 11.7. The lowest BCUT2D eigenvalue weighted by atomic mass is 9.86. The van der Waals surface area contributed by atoms with Gasteiger partial charge in [0, 0.05) is 16.9 Å². The number of aryl methyl sites for hydroxylation is 1. The molecule has 3 nitrogen and oxygen atoms in total. The number of carbonyl (C=O) groups excluding carboxylic acids is 1. The third-order valence-corrected chi connectivity index (χ3v) is 4.91. The lowest BCUT2D eigenvalue weighted by Gasteiger charge is -2.27. The average molecular weight is 280 g/mol. The monoisotopic (exact) mass is 280 g/mol. The highest BCUT2D eigenvalue weighted by Gasteiger charge is 2.38. The molecule has 1 saturated carbocycles. The van der Waals surface area contributed by atoms with E-state index in [0.717, 1.165) is 30.6 Å². The number of fused-ring (bicyclic) bond motifs is 1. The summed E-state index contributed by atoms with van der Waals surface area (Å²) in [7, 11) is 0. The van der Waals surface area contributed by atoms with Gasteiger partial charge >= 0.3 is 0 Å². The van der Waals surface area contributed by atoms with E-state index in [1.165, 1.54) is 35.1 Å². The Morgan fingerprint density at radius 1 is 1.33 bits per heavy atom. The lowest BCUT2D eigenvalue weighted by Crippen LogP contribution is -2.27. The highest BCUT2D eigenvalue weighted by molar-refractivity contribution is 5.97. The van der Waals surface area contributed by atoms with Gasteiger partial charge in [0.25, 0.3) is 0 Å². The van der Waals surface area contributed by atoms with Crippen LogP contribution in [0, 0.1) is 5.92 Å². The van der Waals surface area contributed by atoms with Gasteiger partial charge in [-0.1, -0.05) is 24.6 Å². The number of anilines is 1. The number of amides is 1. The van der Waals surface area contributed by atoms with Crippen molar-refractivity contribution >= 4 is 17.2 Å². The van der Waals surface area contributed by atoms with Crippen LogP contribution in [0.2, 0.25) is 0 Å². The molecule has 1 heterocycles. The number of allylic oxidation sites excluding steroid dienone is 3. The van der Waals surface area contributed by atoms with E-state index >= 15 is 0 Å². The minimum atomic E-state index is -0.206. The molecule has 0 spiro atoms. The molecule has 1 aromatic carbocycles. The molecule has 108 valence electrons. The van der Waals surface area contributed by atoms with Crippen LogP contribution in [0.3, 0.4) is 0 Å². The fraction of sp³-hybridized carbons (Fsp3) is 0.389. The van der Waals surface area contributed by atoms with Crippen molar-refractivity contribution in [3.05, 3.63) is 46.2 Å². The van der Waals surface area contributed by atoms with Crippen LogP contribution in [-0.4, -0.2) is 5.91 Å². The van der Waals surface area contributed by atoms with Gasteiger partial charge in [-0.2, -0.15) is 0 Å². The zero-order chi connectivity index (χ0) is 14.6. The second kappa shape index (κ2) is 4.48. The summed E-state index contributed by atoms with van der Waals surface area (Å²) < 4.78 is 0. The molecule has 1 fully saturated rings. The molecule has 4 rings (SSSR count). The number of hydrogen-bond donors (Lipinski definition) is 2. The standard InChI is InChI=1S/C18H20N2O/c1-2-10-4-3-5-14-16(10)15(11-6-7-11)12-8-9-13(18(19)21)17(12)20-14/h3-5,13,20H,2,6-9H2,1H3,(H2,19,21). The molecule has 0 aromatic heterocycles. The number of rotatable bonds is 2. The van der Waals surface area contributed by atoms with Crippen molar-refractivity contribution in [1.29, 1.82) is 0 Å². The normalized spacial score (nSPS) is 22.8. The van der Waals surface area contributed by atoms with Crippen LogP contribution in [0.1, 0.15) is 43.7 Å². The van der Waals surface area contributed by atoms with Gasteiger partial charge in [0.1, 0.15) is 0 Å². The lowest BCUT2D eigenvalue weighted by molar-refractivity contribution is -0.120. The molecule has 21 heavy (non-hydrogen) atoms. The minimum Gasteiger partial charge on any atom is -0.369 e. The molecule has 3 heteroatoms. The Labute approximate surface area is 124 Å². The van der Waals surface area contributed by atoms with Gasteiger partial charge in [-0.25, -0.2) is 0 Å². The fourth-order valence-corrected chi connectivity index (χ4v) is 3.78. The van der Waals surface area contributed by atoms with E-state index in [4.69, 9.17) is 5.73 Å². The Morgan fingerprint density at radius 2 is 2.14 bits per heavy atom. The molecular formula is C18H20N2O. The molecule has 0 radical (unpaired) electrons. The summed E-state index contributed by atoms with van der Waals surface area (Å²) >= 11 is 0. The van der Waals surface area contributed by atoms with Crippen LogP contribution >= 0.6 is 0 Å². The first kappa shape index (κ1) is 12.7. The number of hydrogen-bond acceptors (Lipinski definition) is 2. The van der Waals surface area contributed by atoms with Gasteiger partial charge < -0.3 is 11.1 Å². The summed E-state index contributed by atoms with van der Waals surface area (Å²) in [6.45, 7) is 2.20. The molecular weight excluding hydrogens is 260 g/mol. The summed E-state index contributed by atoms with van der Waals surface area (Å²) in [6, 6.07) is 6.44. The molecule has 1 aliphatic heterocycles. The summed E-state index contributed by atoms with van der Waals surface area (Å²) in [6.07, 6.45) is 5.24. The van der Waals surface area contributed by atoms with Gasteiger partial charge in [0.15, 0.2) is 0 Å². The predicted octanol–water partition coefficient (Wildman–Crippen LogP) is 3.37. The molecule has 0 bridgehead atoms. The molecule has 3 N–H and O–H groups in total. The summed E-state index contributed by atoms with van der Waals surface area (Å²) in [5.74, 6) is -0.351. The van der Waals surface area contributed by atoms with Crippen molar-refractivity contribution in [3.8, 4) is 0 Å². The predicted molar refractivity (Wildman–Crippen MR) is 84.5 cm³/mol. The number of benzene rings is 1. The Morgan fingerprint density at radius 3 is 2.81 bits per heavy atom. The first-order valence-electron chi connectivity index (χ1n) is 7.84. The van der Waals surface area contributed by atoms with E-state index in [9.17, 15) is 4.79 Å². The number of nitrogens with two attached hydrogens (primary N) is 1. The topological polar surface area (TPSA) is 55.1 Å². The Bertz CT molecular complexity index is 706. The third kappa shape index (κ3) is 1.84. The van der Waals surface area contributed by atoms with Crippen LogP contribution in [0.4, 0.5) is 5.69 Å². The zero-order valence-corrected chi connectivity index (χ0v) is 12.3. The SMILES string of the molecule is CCc1cccc2c1C(=C1CC1)C1=C(N2)C(C(N)=O)CC1. The molecule has 3 aliphatic rings. The molecule has 1 aromatic rings. The number of carbonyl (C=O) groups is 1. The van der Waals surface area contributed by atoms with Crippen LogP contribution in [0.25, 0.3) is 5.57 Å². The van der Waals surface area contributed by atoms with E-state index in [-0.39, 0.29) is 11.8 Å². The van der Waals surface area contributed by atoms with Crippen LogP contribution < -0.4 is 11.1 Å². The second-order valence-electron chi connectivity index (χ2n) is 6.18. The molecule has 2 aliphatic carbocycles. The van der Waals surface area contributed by atoms with Crippen LogP contribution in [0.15, 0.2) is 35.0 Å². The highest BCUT2D eigenvalue weighted by atomic mass is 16.1. The molecule has 0 saturated heterocycles. The van der Waals surface area contributed by atoms with Gasteiger partial charge in [-0.15, -0.1) is 0 Å². The largest absolute Gasteiger partial charge is 0.369 e. The second-order valence-corrected chi connectivity index (χ2v) is 6.18. The average Bonchev–Trinajstić information content (AvgIpc) is 3.23. The number of primary amides is 1. The van der Waals surface area contributed by atoms with Crippen molar-refractivity contribution < 1.29 is 4.79 Å². The molecule has 1 atom stereocenters. The van der Waals surface area contributed by atoms with E-state index in [1.807, 2.05) is 0 Å². The first-order valence-corrected chi connectivity index (χ1v) is 7.84. The number of nitrogens with one attached hydrogen (secondary N) is 1. The zero-order valence-electron chi connectivity index (χ0n) is 12.3. The van der Waals surface area contributed by atoms with Crippen molar-refractivity contribution in [2.45, 2.75) is 39.0 Å². The minimum absolute atomic E-state index is 0.146. The van der Waals surface area contributed by atoms with Crippen molar-refractivity contribution in [2.24, 2.45) is 11.7 Å². The highest BCUT2D eigenvalue weighted by Crippen LogP contribution is 2.52. The Balaban J connectivity index is 1.93. The van der Waals surface area contributed by atoms with E-state index < -0.39 is 0 Å². The van der Waals surface area contributed by atoms with Crippen molar-refractivity contribution in [1.82, 2.24) is 0 Å². The molecule has 1 amide bonds. The van der Waals surface area contributed by atoms with Crippen LogP contribution in [-0.2, 0) is 11.2 Å². The Hall–Kier alpha value is -2.03. The quantitative estimate of drug-likeness (QED) is 0.872. The maximum absolute atomic E-state index is 11.7. The molecule has 1 unspecified atom stereocenters. The van der Waals surface area contributed by atoms with E-state index in [1.54, 1.807) is 5.57 Å².